The molecule has 7 nitrogen and oxygen atoms in total. The first-order valence-corrected chi connectivity index (χ1v) is 7.75. The van der Waals surface area contributed by atoms with Gasteiger partial charge in [0.1, 0.15) is 0 Å². The molecule has 0 bridgehead atoms. The summed E-state index contributed by atoms with van der Waals surface area (Å²) in [4.78, 5) is 4.17. The van der Waals surface area contributed by atoms with Crippen molar-refractivity contribution < 1.29 is 17.4 Å². The lowest BCUT2D eigenvalue weighted by atomic mass is 10.3. The van der Waals surface area contributed by atoms with Crippen LogP contribution in [0.5, 0.6) is 0 Å². The third-order valence-electron chi connectivity index (χ3n) is 2.98. The van der Waals surface area contributed by atoms with Crippen LogP contribution in [0.3, 0.4) is 0 Å². The van der Waals surface area contributed by atoms with Gasteiger partial charge < -0.3 is 14.3 Å². The van der Waals surface area contributed by atoms with E-state index in [4.69, 9.17) is 8.94 Å². The lowest BCUT2D eigenvalue weighted by Crippen LogP contribution is -2.29. The van der Waals surface area contributed by atoms with Crippen molar-refractivity contribution in [2.75, 3.05) is 11.5 Å². The Bertz CT molecular complexity index is 647. The van der Waals surface area contributed by atoms with Crippen LogP contribution in [-0.2, 0) is 16.4 Å². The van der Waals surface area contributed by atoms with E-state index < -0.39 is 9.84 Å². The first-order valence-electron chi connectivity index (χ1n) is 5.93. The molecule has 2 aromatic rings. The maximum atomic E-state index is 11.3. The second kappa shape index (κ2) is 4.78. The molecule has 8 heteroatoms. The average molecular weight is 283 g/mol. The zero-order valence-electron chi connectivity index (χ0n) is 10.1. The quantitative estimate of drug-likeness (QED) is 0.877. The number of nitrogens with zero attached hydrogens (tertiary/aromatic N) is 2. The van der Waals surface area contributed by atoms with E-state index in [1.807, 2.05) is 0 Å². The van der Waals surface area contributed by atoms with Gasteiger partial charge in [0.15, 0.2) is 15.6 Å². The molecule has 1 aliphatic heterocycles. The molecule has 1 unspecified atom stereocenters. The SMILES string of the molecule is O=S1(=O)CCC(NCc2nc(-c3ccco3)no2)C1. The Balaban J connectivity index is 1.59. The normalized spacial score (nSPS) is 21.8. The molecule has 1 N–H and O–H groups in total. The predicted molar refractivity (Wildman–Crippen MR) is 65.9 cm³/mol. The first-order chi connectivity index (χ1) is 9.12. The monoisotopic (exact) mass is 283 g/mol. The highest BCUT2D eigenvalue weighted by Crippen LogP contribution is 2.16. The summed E-state index contributed by atoms with van der Waals surface area (Å²) in [5, 5.41) is 6.90. The number of furan rings is 1. The van der Waals surface area contributed by atoms with Crippen LogP contribution in [0.15, 0.2) is 27.3 Å². The molecule has 19 heavy (non-hydrogen) atoms. The third-order valence-corrected chi connectivity index (χ3v) is 4.75. The number of hydrogen-bond acceptors (Lipinski definition) is 7. The van der Waals surface area contributed by atoms with E-state index in [1.165, 1.54) is 6.26 Å². The first kappa shape index (κ1) is 12.4. The van der Waals surface area contributed by atoms with Crippen LogP contribution in [0.2, 0.25) is 0 Å². The van der Waals surface area contributed by atoms with Gasteiger partial charge in [-0.05, 0) is 18.6 Å². The van der Waals surface area contributed by atoms with E-state index >= 15 is 0 Å². The molecule has 2 aromatic heterocycles. The standard InChI is InChI=1S/C11H13N3O4S/c15-19(16)5-3-8(7-19)12-6-10-13-11(14-18-10)9-2-1-4-17-9/h1-2,4,8,12H,3,5-7H2. The number of sulfone groups is 1. The van der Waals surface area contributed by atoms with Crippen LogP contribution in [0.4, 0.5) is 0 Å². The van der Waals surface area contributed by atoms with Gasteiger partial charge in [-0.1, -0.05) is 5.16 Å². The molecule has 3 heterocycles. The van der Waals surface area contributed by atoms with Crippen molar-refractivity contribution in [3.05, 3.63) is 24.3 Å². The number of aromatic nitrogens is 2. The molecule has 1 saturated heterocycles. The summed E-state index contributed by atoms with van der Waals surface area (Å²) in [6.45, 7) is 0.355. The second-order valence-electron chi connectivity index (χ2n) is 4.47. The third kappa shape index (κ3) is 2.85. The molecular formula is C11H13N3O4S. The van der Waals surface area contributed by atoms with E-state index in [2.05, 4.69) is 15.5 Å². The van der Waals surface area contributed by atoms with Crippen LogP contribution < -0.4 is 5.32 Å². The summed E-state index contributed by atoms with van der Waals surface area (Å²) < 4.78 is 32.8. The van der Waals surface area contributed by atoms with Crippen molar-refractivity contribution in [2.45, 2.75) is 19.0 Å². The molecule has 1 atom stereocenters. The van der Waals surface area contributed by atoms with Gasteiger partial charge in [-0.2, -0.15) is 4.98 Å². The Kier molecular flexibility index (Phi) is 3.11. The number of nitrogens with one attached hydrogen (secondary N) is 1. The van der Waals surface area contributed by atoms with Gasteiger partial charge in [0, 0.05) is 6.04 Å². The Morgan fingerprint density at radius 3 is 3.05 bits per heavy atom. The van der Waals surface area contributed by atoms with E-state index in [1.54, 1.807) is 12.1 Å². The fourth-order valence-electron chi connectivity index (χ4n) is 2.02. The molecule has 3 rings (SSSR count). The molecule has 0 spiro atoms. The molecule has 0 aromatic carbocycles. The second-order valence-corrected chi connectivity index (χ2v) is 6.70. The van der Waals surface area contributed by atoms with Crippen molar-refractivity contribution in [1.29, 1.82) is 0 Å². The van der Waals surface area contributed by atoms with Crippen LogP contribution in [0, 0.1) is 0 Å². The zero-order valence-corrected chi connectivity index (χ0v) is 10.9. The van der Waals surface area contributed by atoms with Crippen LogP contribution in [0.1, 0.15) is 12.3 Å². The largest absolute Gasteiger partial charge is 0.461 e. The van der Waals surface area contributed by atoms with E-state index in [-0.39, 0.29) is 17.5 Å². The minimum Gasteiger partial charge on any atom is -0.461 e. The fraction of sp³-hybridized carbons (Fsp3) is 0.455. The number of hydrogen-bond donors (Lipinski definition) is 1. The molecular weight excluding hydrogens is 270 g/mol. The number of rotatable bonds is 4. The Morgan fingerprint density at radius 1 is 1.47 bits per heavy atom. The summed E-state index contributed by atoms with van der Waals surface area (Å²) in [5.41, 5.74) is 0. The van der Waals surface area contributed by atoms with Crippen LogP contribution in [0.25, 0.3) is 11.6 Å². The highest BCUT2D eigenvalue weighted by molar-refractivity contribution is 7.91. The Morgan fingerprint density at radius 2 is 2.37 bits per heavy atom. The van der Waals surface area contributed by atoms with Gasteiger partial charge in [0.2, 0.25) is 11.7 Å². The molecule has 0 amide bonds. The molecule has 1 aliphatic rings. The van der Waals surface area contributed by atoms with E-state index in [0.717, 1.165) is 0 Å². The van der Waals surface area contributed by atoms with Gasteiger partial charge in [-0.25, -0.2) is 8.42 Å². The summed E-state index contributed by atoms with van der Waals surface area (Å²) in [6.07, 6.45) is 2.16. The topological polar surface area (TPSA) is 98.2 Å². The molecule has 0 aliphatic carbocycles. The molecule has 0 radical (unpaired) electrons. The highest BCUT2D eigenvalue weighted by Gasteiger charge is 2.27. The van der Waals surface area contributed by atoms with Crippen LogP contribution in [-0.4, -0.2) is 36.1 Å². The Hall–Kier alpha value is -1.67. The van der Waals surface area contributed by atoms with Gasteiger partial charge in [0.05, 0.1) is 24.3 Å². The van der Waals surface area contributed by atoms with E-state index in [9.17, 15) is 8.42 Å². The van der Waals surface area contributed by atoms with Crippen molar-refractivity contribution >= 4 is 9.84 Å². The molecule has 1 fully saturated rings. The van der Waals surface area contributed by atoms with Crippen molar-refractivity contribution in [3.8, 4) is 11.6 Å². The smallest absolute Gasteiger partial charge is 0.241 e. The molecule has 0 saturated carbocycles. The minimum absolute atomic E-state index is 0.0380. The maximum absolute atomic E-state index is 11.3. The summed E-state index contributed by atoms with van der Waals surface area (Å²) in [5.74, 6) is 1.76. The van der Waals surface area contributed by atoms with Gasteiger partial charge in [0.25, 0.3) is 0 Å². The zero-order chi connectivity index (χ0) is 13.3. The summed E-state index contributed by atoms with van der Waals surface area (Å²) >= 11 is 0. The predicted octanol–water partition coefficient (Wildman–Crippen LogP) is 0.606. The lowest BCUT2D eigenvalue weighted by molar-refractivity contribution is 0.359. The maximum Gasteiger partial charge on any atom is 0.241 e. The van der Waals surface area contributed by atoms with Crippen molar-refractivity contribution in [1.82, 2.24) is 15.5 Å². The van der Waals surface area contributed by atoms with Gasteiger partial charge in [-0.3, -0.25) is 0 Å². The lowest BCUT2D eigenvalue weighted by Gasteiger charge is -2.06. The fourth-order valence-corrected chi connectivity index (χ4v) is 3.73. The average Bonchev–Trinajstić information content (AvgIpc) is 3.04. The minimum atomic E-state index is -2.87. The summed E-state index contributed by atoms with van der Waals surface area (Å²) in [6, 6.07) is 3.45. The van der Waals surface area contributed by atoms with Gasteiger partial charge >= 0.3 is 0 Å². The molecule has 102 valence electrons. The van der Waals surface area contributed by atoms with E-state index in [0.29, 0.717) is 30.4 Å². The highest BCUT2D eigenvalue weighted by atomic mass is 32.2. The van der Waals surface area contributed by atoms with Crippen molar-refractivity contribution in [2.24, 2.45) is 0 Å². The Labute approximate surface area is 109 Å². The van der Waals surface area contributed by atoms with Crippen molar-refractivity contribution in [3.63, 3.8) is 0 Å². The van der Waals surface area contributed by atoms with Gasteiger partial charge in [-0.15, -0.1) is 0 Å². The summed E-state index contributed by atoms with van der Waals surface area (Å²) in [7, 11) is -2.87. The van der Waals surface area contributed by atoms with Crippen LogP contribution >= 0.6 is 0 Å².